The molecule has 0 unspecified atom stereocenters. The lowest BCUT2D eigenvalue weighted by Gasteiger charge is -2.21. The molecule has 2 nitrogen and oxygen atoms in total. The highest BCUT2D eigenvalue weighted by atomic mass is 35.5. The van der Waals surface area contributed by atoms with Crippen LogP contribution in [0.1, 0.15) is 32.6 Å². The van der Waals surface area contributed by atoms with E-state index < -0.39 is 0 Å². The molecule has 1 rings (SSSR count). The van der Waals surface area contributed by atoms with Crippen molar-refractivity contribution in [3.05, 3.63) is 0 Å². The van der Waals surface area contributed by atoms with E-state index >= 15 is 0 Å². The maximum atomic E-state index is 11.7. The first-order chi connectivity index (χ1) is 6.29. The molecular weight excluding hydrogens is 186 g/mol. The molecule has 0 saturated heterocycles. The Bertz CT molecular complexity index is 168. The average Bonchev–Trinajstić information content (AvgIpc) is 2.94. The third kappa shape index (κ3) is 3.55. The van der Waals surface area contributed by atoms with Crippen molar-refractivity contribution in [2.45, 2.75) is 32.6 Å². The Balaban J connectivity index is 2.30. The largest absolute Gasteiger partial charge is 0.341 e. The Morgan fingerprint density at radius 3 is 2.62 bits per heavy atom. The summed E-state index contributed by atoms with van der Waals surface area (Å²) in [4.78, 5) is 13.6. The molecule has 76 valence electrons. The fraction of sp³-hybridized carbons (Fsp3) is 0.900. The highest BCUT2D eigenvalue weighted by Gasteiger charge is 2.32. The highest BCUT2D eigenvalue weighted by molar-refractivity contribution is 6.18. The van der Waals surface area contributed by atoms with E-state index in [2.05, 4.69) is 6.92 Å². The van der Waals surface area contributed by atoms with Gasteiger partial charge in [0, 0.05) is 24.9 Å². The molecule has 0 spiro atoms. The van der Waals surface area contributed by atoms with Crippen molar-refractivity contribution in [3.8, 4) is 0 Å². The third-order valence-corrected chi connectivity index (χ3v) is 2.54. The van der Waals surface area contributed by atoms with E-state index in [9.17, 15) is 4.79 Å². The van der Waals surface area contributed by atoms with Crippen molar-refractivity contribution in [2.75, 3.05) is 19.0 Å². The number of hydrogen-bond donors (Lipinski definition) is 0. The van der Waals surface area contributed by atoms with Gasteiger partial charge in [-0.25, -0.2) is 0 Å². The Morgan fingerprint density at radius 2 is 2.15 bits per heavy atom. The molecule has 0 heterocycles. The molecule has 1 fully saturated rings. The first kappa shape index (κ1) is 10.8. The lowest BCUT2D eigenvalue weighted by molar-refractivity contribution is -0.132. The van der Waals surface area contributed by atoms with Gasteiger partial charge in [-0.2, -0.15) is 0 Å². The Kier molecular flexibility index (Phi) is 4.57. The fourth-order valence-corrected chi connectivity index (χ4v) is 1.58. The molecule has 0 aromatic heterocycles. The monoisotopic (exact) mass is 203 g/mol. The van der Waals surface area contributed by atoms with Gasteiger partial charge in [-0.3, -0.25) is 4.79 Å². The summed E-state index contributed by atoms with van der Waals surface area (Å²) in [5, 5.41) is 0. The third-order valence-electron chi connectivity index (χ3n) is 2.37. The Morgan fingerprint density at radius 1 is 1.46 bits per heavy atom. The van der Waals surface area contributed by atoms with Gasteiger partial charge in [-0.1, -0.05) is 13.3 Å². The SMILES string of the molecule is CCCCN(CCCl)C(=O)C1CC1. The maximum absolute atomic E-state index is 11.7. The van der Waals surface area contributed by atoms with Gasteiger partial charge in [-0.05, 0) is 19.3 Å². The number of alkyl halides is 1. The van der Waals surface area contributed by atoms with Gasteiger partial charge in [0.25, 0.3) is 0 Å². The Hall–Kier alpha value is -0.240. The molecule has 0 aromatic carbocycles. The molecule has 1 saturated carbocycles. The summed E-state index contributed by atoms with van der Waals surface area (Å²) in [5.74, 6) is 1.22. The van der Waals surface area contributed by atoms with Crippen LogP contribution >= 0.6 is 11.6 Å². The number of carbonyl (C=O) groups excluding carboxylic acids is 1. The van der Waals surface area contributed by atoms with Crippen LogP contribution in [-0.2, 0) is 4.79 Å². The number of rotatable bonds is 6. The minimum absolute atomic E-state index is 0.328. The van der Waals surface area contributed by atoms with E-state index in [1.165, 1.54) is 0 Å². The quantitative estimate of drug-likeness (QED) is 0.607. The van der Waals surface area contributed by atoms with E-state index in [0.29, 0.717) is 17.7 Å². The van der Waals surface area contributed by atoms with Gasteiger partial charge in [0.15, 0.2) is 0 Å². The van der Waals surface area contributed by atoms with Crippen LogP contribution in [0.2, 0.25) is 0 Å². The lowest BCUT2D eigenvalue weighted by atomic mass is 10.3. The van der Waals surface area contributed by atoms with E-state index in [4.69, 9.17) is 11.6 Å². The standard InChI is InChI=1S/C10H18ClNO/c1-2-3-7-12(8-6-11)10(13)9-4-5-9/h9H,2-8H2,1H3. The molecule has 0 N–H and O–H groups in total. The van der Waals surface area contributed by atoms with Crippen molar-refractivity contribution in [3.63, 3.8) is 0 Å². The topological polar surface area (TPSA) is 20.3 Å². The minimum Gasteiger partial charge on any atom is -0.341 e. The van der Waals surface area contributed by atoms with Crippen LogP contribution < -0.4 is 0 Å². The fourth-order valence-electron chi connectivity index (χ4n) is 1.37. The molecular formula is C10H18ClNO. The first-order valence-electron chi connectivity index (χ1n) is 5.14. The van der Waals surface area contributed by atoms with Crippen LogP contribution in [0.25, 0.3) is 0 Å². The van der Waals surface area contributed by atoms with Gasteiger partial charge in [-0.15, -0.1) is 11.6 Å². The predicted molar refractivity (Wildman–Crippen MR) is 54.9 cm³/mol. The van der Waals surface area contributed by atoms with Gasteiger partial charge in [0.2, 0.25) is 5.91 Å². The highest BCUT2D eigenvalue weighted by Crippen LogP contribution is 2.31. The smallest absolute Gasteiger partial charge is 0.225 e. The van der Waals surface area contributed by atoms with Gasteiger partial charge in [0.1, 0.15) is 0 Å². The summed E-state index contributed by atoms with van der Waals surface area (Å²) >= 11 is 5.65. The van der Waals surface area contributed by atoms with Crippen LogP contribution in [0.3, 0.4) is 0 Å². The summed E-state index contributed by atoms with van der Waals surface area (Å²) < 4.78 is 0. The molecule has 1 aliphatic rings. The zero-order chi connectivity index (χ0) is 9.68. The van der Waals surface area contributed by atoms with Crippen molar-refractivity contribution < 1.29 is 4.79 Å². The normalized spacial score (nSPS) is 15.8. The van der Waals surface area contributed by atoms with Crippen LogP contribution in [0.5, 0.6) is 0 Å². The van der Waals surface area contributed by atoms with E-state index in [1.54, 1.807) is 0 Å². The first-order valence-corrected chi connectivity index (χ1v) is 5.67. The summed E-state index contributed by atoms with van der Waals surface area (Å²) in [6.45, 7) is 3.75. The second kappa shape index (κ2) is 5.48. The minimum atomic E-state index is 0.328. The molecule has 3 heteroatoms. The molecule has 0 atom stereocenters. The van der Waals surface area contributed by atoms with Crippen LogP contribution in [-0.4, -0.2) is 29.8 Å². The average molecular weight is 204 g/mol. The van der Waals surface area contributed by atoms with Crippen LogP contribution in [0, 0.1) is 5.92 Å². The van der Waals surface area contributed by atoms with Crippen molar-refractivity contribution >= 4 is 17.5 Å². The molecule has 1 aliphatic carbocycles. The zero-order valence-electron chi connectivity index (χ0n) is 8.26. The number of unbranched alkanes of at least 4 members (excludes halogenated alkanes) is 1. The van der Waals surface area contributed by atoms with Crippen molar-refractivity contribution in [1.29, 1.82) is 0 Å². The second-order valence-electron chi connectivity index (χ2n) is 3.64. The molecule has 0 aromatic rings. The molecule has 0 bridgehead atoms. The number of hydrogen-bond acceptors (Lipinski definition) is 1. The van der Waals surface area contributed by atoms with Crippen molar-refractivity contribution in [1.82, 2.24) is 4.90 Å². The predicted octanol–water partition coefficient (Wildman–Crippen LogP) is 2.26. The van der Waals surface area contributed by atoms with E-state index in [-0.39, 0.29) is 0 Å². The van der Waals surface area contributed by atoms with Crippen LogP contribution in [0.15, 0.2) is 0 Å². The number of halogens is 1. The second-order valence-corrected chi connectivity index (χ2v) is 4.02. The summed E-state index contributed by atoms with van der Waals surface area (Å²) in [6, 6.07) is 0. The summed E-state index contributed by atoms with van der Waals surface area (Å²) in [6.07, 6.45) is 4.40. The van der Waals surface area contributed by atoms with Crippen LogP contribution in [0.4, 0.5) is 0 Å². The molecule has 13 heavy (non-hydrogen) atoms. The zero-order valence-corrected chi connectivity index (χ0v) is 9.02. The van der Waals surface area contributed by atoms with Gasteiger partial charge in [0.05, 0.1) is 0 Å². The van der Waals surface area contributed by atoms with E-state index in [0.717, 1.165) is 38.8 Å². The molecule has 1 amide bonds. The Labute approximate surface area is 85.2 Å². The number of carbonyl (C=O) groups is 1. The molecule has 0 aliphatic heterocycles. The van der Waals surface area contributed by atoms with Gasteiger partial charge >= 0.3 is 0 Å². The number of nitrogens with zero attached hydrogens (tertiary/aromatic N) is 1. The van der Waals surface area contributed by atoms with Crippen molar-refractivity contribution in [2.24, 2.45) is 5.92 Å². The van der Waals surface area contributed by atoms with Gasteiger partial charge < -0.3 is 4.90 Å². The lowest BCUT2D eigenvalue weighted by Crippen LogP contribution is -2.34. The summed E-state index contributed by atoms with van der Waals surface area (Å²) in [7, 11) is 0. The molecule has 0 radical (unpaired) electrons. The summed E-state index contributed by atoms with van der Waals surface area (Å²) in [5.41, 5.74) is 0. The maximum Gasteiger partial charge on any atom is 0.225 e. The number of amides is 1. The van der Waals surface area contributed by atoms with E-state index in [1.807, 2.05) is 4.90 Å².